The van der Waals surface area contributed by atoms with Crippen LogP contribution in [0.25, 0.3) is 15.3 Å². The van der Waals surface area contributed by atoms with Crippen LogP contribution in [0.15, 0.2) is 29.0 Å². The van der Waals surface area contributed by atoms with Gasteiger partial charge in [-0.1, -0.05) is 19.4 Å². The third kappa shape index (κ3) is 1.32. The molecule has 0 nitrogen and oxygen atoms in total. The van der Waals surface area contributed by atoms with Crippen LogP contribution in [0.1, 0.15) is 30.9 Å². The van der Waals surface area contributed by atoms with Gasteiger partial charge in [-0.15, -0.1) is 22.7 Å². The Morgan fingerprint density at radius 2 is 1.67 bits per heavy atom. The summed E-state index contributed by atoms with van der Waals surface area (Å²) in [6.07, 6.45) is 4.80. The molecule has 0 saturated carbocycles. The minimum Gasteiger partial charge on any atom is -0.142 e. The van der Waals surface area contributed by atoms with Gasteiger partial charge >= 0.3 is 0 Å². The minimum atomic E-state index is 1.18. The molecule has 76 valence electrons. The van der Waals surface area contributed by atoms with E-state index in [0.29, 0.717) is 0 Å². The minimum absolute atomic E-state index is 1.18. The summed E-state index contributed by atoms with van der Waals surface area (Å²) in [6, 6.07) is 4.52. The van der Waals surface area contributed by atoms with E-state index in [2.05, 4.69) is 35.9 Å². The second kappa shape index (κ2) is 3.62. The molecule has 0 saturated heterocycles. The Morgan fingerprint density at radius 1 is 1.07 bits per heavy atom. The van der Waals surface area contributed by atoms with Crippen LogP contribution in [-0.2, 0) is 0 Å². The maximum absolute atomic E-state index is 2.39. The fourth-order valence-corrected chi connectivity index (χ4v) is 4.06. The van der Waals surface area contributed by atoms with Crippen molar-refractivity contribution in [2.75, 3.05) is 0 Å². The molecule has 2 heteroatoms. The van der Waals surface area contributed by atoms with Gasteiger partial charge in [-0.05, 0) is 34.9 Å². The van der Waals surface area contributed by atoms with Crippen LogP contribution in [0, 0.1) is 0 Å². The quantitative estimate of drug-likeness (QED) is 0.582. The van der Waals surface area contributed by atoms with Gasteiger partial charge in [0, 0.05) is 11.1 Å². The standard InChI is InChI=1S/C13H12S2/c1-2-3-4-9-10-5-7-14-12(10)13-11(9)6-8-15-13/h4-8H,2-3H2,1H3. The molecule has 0 spiro atoms. The molecule has 0 atom stereocenters. The van der Waals surface area contributed by atoms with Crippen LogP contribution in [0.5, 0.6) is 0 Å². The number of fused-ring (bicyclic) bond motifs is 3. The highest BCUT2D eigenvalue weighted by Gasteiger charge is 2.25. The molecule has 0 N–H and O–H groups in total. The van der Waals surface area contributed by atoms with Crippen molar-refractivity contribution in [1.82, 2.24) is 0 Å². The summed E-state index contributed by atoms with van der Waals surface area (Å²) < 4.78 is 0. The lowest BCUT2D eigenvalue weighted by Crippen LogP contribution is -1.77. The maximum Gasteiger partial charge on any atom is 0.0527 e. The molecule has 1 aliphatic carbocycles. The zero-order chi connectivity index (χ0) is 10.3. The summed E-state index contributed by atoms with van der Waals surface area (Å²) in [5.74, 6) is 0. The Labute approximate surface area is 97.9 Å². The highest BCUT2D eigenvalue weighted by atomic mass is 32.1. The molecule has 0 radical (unpaired) electrons. The normalized spacial score (nSPS) is 12.7. The van der Waals surface area contributed by atoms with Crippen LogP contribution in [0.4, 0.5) is 0 Å². The zero-order valence-electron chi connectivity index (χ0n) is 8.62. The van der Waals surface area contributed by atoms with E-state index >= 15 is 0 Å². The van der Waals surface area contributed by atoms with Gasteiger partial charge in [0.05, 0.1) is 9.75 Å². The Balaban J connectivity index is 2.19. The molecular formula is C13H12S2. The lowest BCUT2D eigenvalue weighted by atomic mass is 10.1. The molecule has 0 aliphatic heterocycles. The van der Waals surface area contributed by atoms with Crippen molar-refractivity contribution in [2.45, 2.75) is 19.8 Å². The summed E-state index contributed by atoms with van der Waals surface area (Å²) in [6.45, 7) is 2.23. The lowest BCUT2D eigenvalue weighted by Gasteiger charge is -1.97. The molecule has 0 amide bonds. The topological polar surface area (TPSA) is 0 Å². The number of unbranched alkanes of at least 4 members (excludes halogenated alkanes) is 1. The van der Waals surface area contributed by atoms with Gasteiger partial charge in [0.1, 0.15) is 0 Å². The van der Waals surface area contributed by atoms with Crippen LogP contribution in [-0.4, -0.2) is 0 Å². The summed E-state index contributed by atoms with van der Waals surface area (Å²) in [7, 11) is 0. The van der Waals surface area contributed by atoms with Crippen LogP contribution in [0.3, 0.4) is 0 Å². The molecule has 0 unspecified atom stereocenters. The molecule has 0 bridgehead atoms. The highest BCUT2D eigenvalue weighted by molar-refractivity contribution is 7.21. The number of thiophene rings is 2. The van der Waals surface area contributed by atoms with Crippen molar-refractivity contribution in [1.29, 1.82) is 0 Å². The average Bonchev–Trinajstić information content (AvgIpc) is 2.88. The Bertz CT molecular complexity index is 472. The monoisotopic (exact) mass is 232 g/mol. The van der Waals surface area contributed by atoms with Gasteiger partial charge in [0.2, 0.25) is 0 Å². The molecular weight excluding hydrogens is 220 g/mol. The van der Waals surface area contributed by atoms with Crippen molar-refractivity contribution in [3.8, 4) is 9.75 Å². The van der Waals surface area contributed by atoms with Gasteiger partial charge in [-0.2, -0.15) is 0 Å². The third-order valence-corrected chi connectivity index (χ3v) is 4.75. The predicted octanol–water partition coefficient (Wildman–Crippen LogP) is 5.02. The van der Waals surface area contributed by atoms with E-state index in [0.717, 1.165) is 0 Å². The molecule has 2 aromatic heterocycles. The molecule has 0 aromatic carbocycles. The first-order valence-electron chi connectivity index (χ1n) is 5.28. The summed E-state index contributed by atoms with van der Waals surface area (Å²) in [5.41, 5.74) is 4.37. The fraction of sp³-hybridized carbons (Fsp3) is 0.231. The van der Waals surface area contributed by atoms with Crippen molar-refractivity contribution >= 4 is 28.2 Å². The molecule has 2 aromatic rings. The van der Waals surface area contributed by atoms with E-state index in [1.807, 2.05) is 22.7 Å². The molecule has 0 fully saturated rings. The maximum atomic E-state index is 2.39. The number of hydrogen-bond acceptors (Lipinski definition) is 2. The Kier molecular flexibility index (Phi) is 2.26. The summed E-state index contributed by atoms with van der Waals surface area (Å²) in [4.78, 5) is 2.95. The highest BCUT2D eigenvalue weighted by Crippen LogP contribution is 2.49. The smallest absolute Gasteiger partial charge is 0.0527 e. The van der Waals surface area contributed by atoms with Gasteiger partial charge in [0.25, 0.3) is 0 Å². The SMILES string of the molecule is CCCC=C1c2ccsc2-c2sccc21. The van der Waals surface area contributed by atoms with E-state index in [4.69, 9.17) is 0 Å². The van der Waals surface area contributed by atoms with Gasteiger partial charge in [-0.3, -0.25) is 0 Å². The molecule has 2 heterocycles. The lowest BCUT2D eigenvalue weighted by molar-refractivity contribution is 0.960. The Hall–Kier alpha value is -0.860. The number of allylic oxidation sites excluding steroid dienone is 1. The van der Waals surface area contributed by atoms with E-state index in [1.165, 1.54) is 39.3 Å². The second-order valence-electron chi connectivity index (χ2n) is 3.73. The zero-order valence-corrected chi connectivity index (χ0v) is 10.3. The average molecular weight is 232 g/mol. The van der Waals surface area contributed by atoms with Gasteiger partial charge in [0.15, 0.2) is 0 Å². The van der Waals surface area contributed by atoms with Crippen molar-refractivity contribution in [3.05, 3.63) is 40.1 Å². The third-order valence-electron chi connectivity index (χ3n) is 2.75. The van der Waals surface area contributed by atoms with E-state index in [-0.39, 0.29) is 0 Å². The number of hydrogen-bond donors (Lipinski definition) is 0. The number of rotatable bonds is 2. The second-order valence-corrected chi connectivity index (χ2v) is 5.57. The van der Waals surface area contributed by atoms with Gasteiger partial charge < -0.3 is 0 Å². The fourth-order valence-electron chi connectivity index (χ4n) is 2.05. The largest absolute Gasteiger partial charge is 0.142 e. The summed E-state index contributed by atoms with van der Waals surface area (Å²) >= 11 is 3.73. The summed E-state index contributed by atoms with van der Waals surface area (Å²) in [5, 5.41) is 4.40. The van der Waals surface area contributed by atoms with Crippen LogP contribution >= 0.6 is 22.7 Å². The molecule has 15 heavy (non-hydrogen) atoms. The van der Waals surface area contributed by atoms with Crippen molar-refractivity contribution < 1.29 is 0 Å². The van der Waals surface area contributed by atoms with E-state index in [1.54, 1.807) is 0 Å². The molecule has 1 aliphatic rings. The predicted molar refractivity (Wildman–Crippen MR) is 69.6 cm³/mol. The first-order chi connectivity index (χ1) is 7.42. The Morgan fingerprint density at radius 3 is 2.20 bits per heavy atom. The van der Waals surface area contributed by atoms with Crippen LogP contribution in [0.2, 0.25) is 0 Å². The van der Waals surface area contributed by atoms with Crippen molar-refractivity contribution in [3.63, 3.8) is 0 Å². The van der Waals surface area contributed by atoms with Crippen LogP contribution < -0.4 is 0 Å². The molecule has 3 rings (SSSR count). The van der Waals surface area contributed by atoms with Gasteiger partial charge in [-0.25, -0.2) is 0 Å². The van der Waals surface area contributed by atoms with E-state index in [9.17, 15) is 0 Å². The first kappa shape index (κ1) is 9.37. The first-order valence-corrected chi connectivity index (χ1v) is 7.04. The van der Waals surface area contributed by atoms with E-state index < -0.39 is 0 Å². The van der Waals surface area contributed by atoms with Crippen molar-refractivity contribution in [2.24, 2.45) is 0 Å².